The van der Waals surface area contributed by atoms with Crippen LogP contribution in [0.4, 0.5) is 0 Å². The maximum Gasteiger partial charge on any atom is 0.134 e. The molecule has 3 heteroatoms. The van der Waals surface area contributed by atoms with Crippen molar-refractivity contribution in [2.45, 2.75) is 51.7 Å². The molecule has 1 fully saturated rings. The second-order valence-corrected chi connectivity index (χ2v) is 6.06. The molecule has 1 unspecified atom stereocenters. The first-order chi connectivity index (χ1) is 9.60. The van der Waals surface area contributed by atoms with E-state index in [1.807, 2.05) is 0 Å². The fourth-order valence-corrected chi connectivity index (χ4v) is 2.19. The lowest BCUT2D eigenvalue weighted by Gasteiger charge is -2.21. The molecule has 0 aromatic heterocycles. The van der Waals surface area contributed by atoms with Gasteiger partial charge in [-0.05, 0) is 42.9 Å². The summed E-state index contributed by atoms with van der Waals surface area (Å²) in [5, 5.41) is 3.51. The molecule has 1 saturated carbocycles. The number of aryl methyl sites for hydroxylation is 1. The lowest BCUT2D eigenvalue weighted by atomic mass is 10.0. The van der Waals surface area contributed by atoms with E-state index in [4.69, 9.17) is 9.47 Å². The van der Waals surface area contributed by atoms with E-state index in [1.165, 1.54) is 24.0 Å². The predicted octanol–water partition coefficient (Wildman–Crippen LogP) is 3.26. The summed E-state index contributed by atoms with van der Waals surface area (Å²) >= 11 is 0. The van der Waals surface area contributed by atoms with Crippen LogP contribution in [-0.4, -0.2) is 32.4 Å². The quantitative estimate of drug-likeness (QED) is 0.791. The molecule has 0 spiro atoms. The van der Waals surface area contributed by atoms with Gasteiger partial charge in [0.15, 0.2) is 0 Å². The fraction of sp³-hybridized carbons (Fsp3) is 0.647. The molecule has 1 aliphatic carbocycles. The van der Waals surface area contributed by atoms with Crippen molar-refractivity contribution in [3.05, 3.63) is 29.3 Å². The van der Waals surface area contributed by atoms with Crippen LogP contribution in [0.3, 0.4) is 0 Å². The molecule has 1 aliphatic rings. The van der Waals surface area contributed by atoms with Crippen LogP contribution in [0.2, 0.25) is 0 Å². The Balaban J connectivity index is 2.01. The van der Waals surface area contributed by atoms with Crippen LogP contribution in [0.15, 0.2) is 18.2 Å². The van der Waals surface area contributed by atoms with Crippen LogP contribution in [0.1, 0.15) is 43.7 Å². The van der Waals surface area contributed by atoms with Gasteiger partial charge in [0.25, 0.3) is 0 Å². The monoisotopic (exact) mass is 277 g/mol. The summed E-state index contributed by atoms with van der Waals surface area (Å²) in [6.07, 6.45) is 2.66. The molecule has 3 nitrogen and oxygen atoms in total. The number of hydrogen-bond acceptors (Lipinski definition) is 3. The molecule has 1 N–H and O–H groups in total. The highest BCUT2D eigenvalue weighted by molar-refractivity contribution is 5.38. The zero-order valence-corrected chi connectivity index (χ0v) is 13.1. The normalized spacial score (nSPS) is 16.4. The molecule has 2 rings (SSSR count). The van der Waals surface area contributed by atoms with Gasteiger partial charge in [-0.2, -0.15) is 0 Å². The highest BCUT2D eigenvalue weighted by Gasteiger charge is 2.22. The maximum absolute atomic E-state index is 6.17. The van der Waals surface area contributed by atoms with Gasteiger partial charge in [0.2, 0.25) is 0 Å². The molecule has 1 atom stereocenters. The molecular formula is C17H27NO2. The van der Waals surface area contributed by atoms with Crippen molar-refractivity contribution in [1.82, 2.24) is 5.32 Å². The zero-order chi connectivity index (χ0) is 14.5. The average molecular weight is 277 g/mol. The standard InChI is InChI=1S/C17H27NO2/c1-12(2)14-6-5-13(3)17(9-14)20-16(11-19-4)10-18-15-7-8-15/h5-6,9,12,15-16,18H,7-8,10-11H2,1-4H3. The van der Waals surface area contributed by atoms with Gasteiger partial charge in [-0.1, -0.05) is 26.0 Å². The van der Waals surface area contributed by atoms with Gasteiger partial charge in [-0.25, -0.2) is 0 Å². The second-order valence-electron chi connectivity index (χ2n) is 6.06. The number of nitrogens with one attached hydrogen (secondary N) is 1. The Bertz CT molecular complexity index is 427. The Kier molecular flexibility index (Phi) is 5.44. The molecule has 0 bridgehead atoms. The van der Waals surface area contributed by atoms with Crippen molar-refractivity contribution < 1.29 is 9.47 Å². The van der Waals surface area contributed by atoms with Crippen LogP contribution < -0.4 is 10.1 Å². The number of methoxy groups -OCH3 is 1. The van der Waals surface area contributed by atoms with Crippen molar-refractivity contribution >= 4 is 0 Å². The lowest BCUT2D eigenvalue weighted by molar-refractivity contribution is 0.0799. The van der Waals surface area contributed by atoms with Crippen molar-refractivity contribution in [2.75, 3.05) is 20.3 Å². The van der Waals surface area contributed by atoms with Crippen LogP contribution in [0.5, 0.6) is 5.75 Å². The molecule has 0 aliphatic heterocycles. The van der Waals surface area contributed by atoms with Gasteiger partial charge >= 0.3 is 0 Å². The first-order valence-corrected chi connectivity index (χ1v) is 7.59. The van der Waals surface area contributed by atoms with Crippen molar-refractivity contribution in [1.29, 1.82) is 0 Å². The Morgan fingerprint density at radius 1 is 1.30 bits per heavy atom. The lowest BCUT2D eigenvalue weighted by Crippen LogP contribution is -2.36. The van der Waals surface area contributed by atoms with Crippen LogP contribution in [-0.2, 0) is 4.74 Å². The Labute approximate surface area is 122 Å². The average Bonchev–Trinajstić information content (AvgIpc) is 3.22. The molecule has 0 amide bonds. The third-order valence-electron chi connectivity index (χ3n) is 3.74. The third-order valence-corrected chi connectivity index (χ3v) is 3.74. The largest absolute Gasteiger partial charge is 0.486 e. The molecule has 1 aromatic carbocycles. The topological polar surface area (TPSA) is 30.5 Å². The van der Waals surface area contributed by atoms with Gasteiger partial charge in [0.05, 0.1) is 6.61 Å². The minimum absolute atomic E-state index is 0.0710. The number of benzene rings is 1. The van der Waals surface area contributed by atoms with Gasteiger partial charge in [0, 0.05) is 19.7 Å². The van der Waals surface area contributed by atoms with Crippen molar-refractivity contribution in [3.8, 4) is 5.75 Å². The first kappa shape index (κ1) is 15.3. The smallest absolute Gasteiger partial charge is 0.134 e. The van der Waals surface area contributed by atoms with Crippen LogP contribution >= 0.6 is 0 Å². The minimum Gasteiger partial charge on any atom is -0.486 e. The fourth-order valence-electron chi connectivity index (χ4n) is 2.19. The number of hydrogen-bond donors (Lipinski definition) is 1. The summed E-state index contributed by atoms with van der Waals surface area (Å²) in [5.41, 5.74) is 2.50. The Morgan fingerprint density at radius 2 is 2.05 bits per heavy atom. The van der Waals surface area contributed by atoms with Gasteiger partial charge in [0.1, 0.15) is 11.9 Å². The summed E-state index contributed by atoms with van der Waals surface area (Å²) in [6, 6.07) is 7.18. The van der Waals surface area contributed by atoms with Crippen LogP contribution in [0.25, 0.3) is 0 Å². The van der Waals surface area contributed by atoms with E-state index in [1.54, 1.807) is 7.11 Å². The van der Waals surface area contributed by atoms with Crippen molar-refractivity contribution in [2.24, 2.45) is 0 Å². The van der Waals surface area contributed by atoms with E-state index >= 15 is 0 Å². The zero-order valence-electron chi connectivity index (χ0n) is 13.1. The van der Waals surface area contributed by atoms with E-state index in [9.17, 15) is 0 Å². The Hall–Kier alpha value is -1.06. The Morgan fingerprint density at radius 3 is 2.65 bits per heavy atom. The van der Waals surface area contributed by atoms with E-state index in [0.717, 1.165) is 12.3 Å². The summed E-state index contributed by atoms with van der Waals surface area (Å²) in [6.45, 7) is 7.97. The molecule has 0 saturated heterocycles. The highest BCUT2D eigenvalue weighted by atomic mass is 16.5. The third kappa shape index (κ3) is 4.50. The van der Waals surface area contributed by atoms with Crippen molar-refractivity contribution in [3.63, 3.8) is 0 Å². The number of rotatable bonds is 8. The van der Waals surface area contributed by atoms with E-state index in [-0.39, 0.29) is 6.10 Å². The van der Waals surface area contributed by atoms with Crippen LogP contribution in [0, 0.1) is 6.92 Å². The second kappa shape index (κ2) is 7.09. The van der Waals surface area contributed by atoms with Gasteiger partial charge < -0.3 is 14.8 Å². The first-order valence-electron chi connectivity index (χ1n) is 7.59. The summed E-state index contributed by atoms with van der Waals surface area (Å²) in [5.74, 6) is 1.50. The van der Waals surface area contributed by atoms with Gasteiger partial charge in [-0.3, -0.25) is 0 Å². The molecule has 20 heavy (non-hydrogen) atoms. The molecule has 1 aromatic rings. The highest BCUT2D eigenvalue weighted by Crippen LogP contribution is 2.25. The molecular weight excluding hydrogens is 250 g/mol. The molecule has 112 valence electrons. The maximum atomic E-state index is 6.17. The number of ether oxygens (including phenoxy) is 2. The summed E-state index contributed by atoms with van der Waals surface area (Å²) < 4.78 is 11.4. The molecule has 0 radical (unpaired) electrons. The van der Waals surface area contributed by atoms with E-state index in [2.05, 4.69) is 44.3 Å². The predicted molar refractivity (Wildman–Crippen MR) is 82.6 cm³/mol. The molecule has 0 heterocycles. The van der Waals surface area contributed by atoms with Gasteiger partial charge in [-0.15, -0.1) is 0 Å². The minimum atomic E-state index is 0.0710. The van der Waals surface area contributed by atoms with E-state index < -0.39 is 0 Å². The van der Waals surface area contributed by atoms with E-state index in [0.29, 0.717) is 18.6 Å². The summed E-state index contributed by atoms with van der Waals surface area (Å²) in [4.78, 5) is 0. The SMILES string of the molecule is COCC(CNC1CC1)Oc1cc(C(C)C)ccc1C. The summed E-state index contributed by atoms with van der Waals surface area (Å²) in [7, 11) is 1.73.